The topological polar surface area (TPSA) is 267 Å². The first-order chi connectivity index (χ1) is 30.0. The van der Waals surface area contributed by atoms with E-state index in [0.717, 1.165) is 24.3 Å². The van der Waals surface area contributed by atoms with Crippen LogP contribution in [0.25, 0.3) is 12.2 Å². The van der Waals surface area contributed by atoms with Crippen molar-refractivity contribution in [2.24, 2.45) is 0 Å². The van der Waals surface area contributed by atoms with Crippen molar-refractivity contribution < 1.29 is 61.8 Å². The van der Waals surface area contributed by atoms with Crippen LogP contribution < -0.4 is 20.4 Å². The Morgan fingerprint density at radius 2 is 0.875 bits per heavy atom. The molecule has 0 aliphatic carbocycles. The van der Waals surface area contributed by atoms with Crippen molar-refractivity contribution in [1.82, 2.24) is 8.61 Å². The Morgan fingerprint density at radius 1 is 0.531 bits per heavy atom. The van der Waals surface area contributed by atoms with E-state index in [2.05, 4.69) is 10.6 Å². The SMILES string of the molecule is CN(C)c1ccc(C(=O)Nc2ccc(C=Cc3ccc(NC(=O)c4ccc(N(C)C)c(S(=O)(=O)N5CCOCC5)c4)cc3S(=O)(=O)O)c(S(=O)(=O)O)c2)cc1S(=O)(=O)N1CCOCC1. The van der Waals surface area contributed by atoms with Gasteiger partial charge in [0.05, 0.1) is 37.8 Å². The molecule has 2 amide bonds. The van der Waals surface area contributed by atoms with E-state index in [9.17, 15) is 52.4 Å². The van der Waals surface area contributed by atoms with Gasteiger partial charge < -0.3 is 29.9 Å². The second-order valence-corrected chi connectivity index (χ2v) is 21.5. The Labute approximate surface area is 371 Å². The Hall–Kier alpha value is -5.28. The lowest BCUT2D eigenvalue weighted by Crippen LogP contribution is -2.41. The van der Waals surface area contributed by atoms with Crippen LogP contribution in [0.2, 0.25) is 0 Å². The molecule has 0 aromatic heterocycles. The molecule has 0 saturated carbocycles. The summed E-state index contributed by atoms with van der Waals surface area (Å²) in [4.78, 5) is 28.4. The van der Waals surface area contributed by atoms with Gasteiger partial charge in [-0.1, -0.05) is 24.3 Å². The van der Waals surface area contributed by atoms with Gasteiger partial charge in [-0.2, -0.15) is 25.4 Å². The molecule has 6 rings (SSSR count). The van der Waals surface area contributed by atoms with Gasteiger partial charge in [0.2, 0.25) is 20.0 Å². The minimum absolute atomic E-state index is 0.0732. The number of nitrogens with one attached hydrogen (secondary N) is 2. The molecule has 2 aliphatic rings. The zero-order valence-electron chi connectivity index (χ0n) is 35.0. The van der Waals surface area contributed by atoms with Gasteiger partial charge in [0.15, 0.2) is 0 Å². The van der Waals surface area contributed by atoms with E-state index in [1.165, 1.54) is 69.3 Å². The first-order valence-corrected chi connectivity index (χ1v) is 25.1. The van der Waals surface area contributed by atoms with E-state index in [1.54, 1.807) is 38.0 Å². The summed E-state index contributed by atoms with van der Waals surface area (Å²) in [6, 6.07) is 15.0. The molecule has 64 heavy (non-hydrogen) atoms. The number of amides is 2. The zero-order chi connectivity index (χ0) is 46.8. The van der Waals surface area contributed by atoms with Gasteiger partial charge in [-0.15, -0.1) is 0 Å². The van der Waals surface area contributed by atoms with Crippen LogP contribution in [0.15, 0.2) is 92.4 Å². The molecular formula is C40H46N6O14S4. The molecule has 24 heteroatoms. The van der Waals surface area contributed by atoms with E-state index >= 15 is 0 Å². The summed E-state index contributed by atoms with van der Waals surface area (Å²) in [6.45, 7) is 1.29. The van der Waals surface area contributed by atoms with Gasteiger partial charge in [-0.05, 0) is 71.8 Å². The largest absolute Gasteiger partial charge is 0.379 e. The van der Waals surface area contributed by atoms with E-state index in [4.69, 9.17) is 9.47 Å². The lowest BCUT2D eigenvalue weighted by molar-refractivity contribution is 0.0730. The van der Waals surface area contributed by atoms with Crippen molar-refractivity contribution in [3.63, 3.8) is 0 Å². The van der Waals surface area contributed by atoms with Crippen molar-refractivity contribution >= 4 is 87.0 Å². The molecule has 0 unspecified atom stereocenters. The third-order valence-corrected chi connectivity index (χ3v) is 15.8. The number of anilines is 4. The van der Waals surface area contributed by atoms with E-state index < -0.39 is 61.9 Å². The zero-order valence-corrected chi connectivity index (χ0v) is 38.2. The van der Waals surface area contributed by atoms with Crippen LogP contribution in [0.1, 0.15) is 31.8 Å². The van der Waals surface area contributed by atoms with Crippen LogP contribution in [0.5, 0.6) is 0 Å². The monoisotopic (exact) mass is 962 g/mol. The quantitative estimate of drug-likeness (QED) is 0.105. The molecule has 4 aromatic rings. The number of nitrogens with zero attached hydrogens (tertiary/aromatic N) is 4. The highest BCUT2D eigenvalue weighted by Crippen LogP contribution is 2.32. The highest BCUT2D eigenvalue weighted by molar-refractivity contribution is 7.89. The third kappa shape index (κ3) is 10.8. The number of rotatable bonds is 14. The molecule has 2 saturated heterocycles. The van der Waals surface area contributed by atoms with Crippen molar-refractivity contribution in [2.75, 3.05) is 101 Å². The van der Waals surface area contributed by atoms with Crippen molar-refractivity contribution in [3.8, 4) is 0 Å². The summed E-state index contributed by atoms with van der Waals surface area (Å²) in [7, 11) is -11.5. The van der Waals surface area contributed by atoms with Crippen molar-refractivity contribution in [2.45, 2.75) is 19.6 Å². The molecule has 20 nitrogen and oxygen atoms in total. The maximum atomic E-state index is 13.6. The summed E-state index contributed by atoms with van der Waals surface area (Å²) in [5.41, 5.74) is -0.0520. The lowest BCUT2D eigenvalue weighted by Gasteiger charge is -2.28. The Kier molecular flexibility index (Phi) is 14.3. The van der Waals surface area contributed by atoms with Gasteiger partial charge in [0, 0.05) is 76.9 Å². The van der Waals surface area contributed by atoms with Gasteiger partial charge in [-0.25, -0.2) is 16.8 Å². The molecule has 4 aromatic carbocycles. The Bertz CT molecular complexity index is 2750. The lowest BCUT2D eigenvalue weighted by atomic mass is 10.1. The summed E-state index contributed by atoms with van der Waals surface area (Å²) >= 11 is 0. The van der Waals surface area contributed by atoms with Crippen LogP contribution in [-0.2, 0) is 49.8 Å². The number of sulfonamides is 2. The van der Waals surface area contributed by atoms with E-state index in [0.29, 0.717) is 11.4 Å². The fourth-order valence-corrected chi connectivity index (χ4v) is 11.7. The third-order valence-electron chi connectivity index (χ3n) is 10.1. The molecule has 0 radical (unpaired) electrons. The maximum absolute atomic E-state index is 13.6. The number of hydrogen-bond acceptors (Lipinski definition) is 14. The van der Waals surface area contributed by atoms with Crippen LogP contribution in [0, 0.1) is 0 Å². The Balaban J connectivity index is 1.25. The predicted octanol–water partition coefficient (Wildman–Crippen LogP) is 3.03. The standard InChI is InChI=1S/C40H46N6O14S4/c1-43(2)33-13-9-29(23-37(33)61(49,50)45-15-19-59-20-16-45)39(47)41-31-11-7-27(35(25-31)63(53,54)55)5-6-28-8-12-32(26-36(28)64(56,57)58)42-40(48)30-10-14-34(44(3)4)38(24-30)62(51,52)46-17-21-60-22-18-46/h5-14,23-26H,15-22H2,1-4H3,(H,41,47)(H,42,48)(H,53,54,55)(H,56,57,58). The smallest absolute Gasteiger partial charge is 0.295 e. The van der Waals surface area contributed by atoms with Crippen LogP contribution in [0.4, 0.5) is 22.7 Å². The van der Waals surface area contributed by atoms with E-state index in [-0.39, 0.29) is 96.0 Å². The molecular weight excluding hydrogens is 917 g/mol. The Morgan fingerprint density at radius 3 is 1.19 bits per heavy atom. The minimum atomic E-state index is -4.99. The number of carbonyl (C=O) groups excluding carboxylic acids is 2. The minimum Gasteiger partial charge on any atom is -0.379 e. The molecule has 2 fully saturated rings. The van der Waals surface area contributed by atoms with Crippen LogP contribution >= 0.6 is 0 Å². The predicted molar refractivity (Wildman–Crippen MR) is 238 cm³/mol. The normalized spacial score (nSPS) is 15.8. The van der Waals surface area contributed by atoms with E-state index in [1.807, 2.05) is 0 Å². The van der Waals surface area contributed by atoms with Crippen molar-refractivity contribution in [3.05, 3.63) is 95.1 Å². The number of morpholine rings is 2. The summed E-state index contributed by atoms with van der Waals surface area (Å²) in [5.74, 6) is -1.61. The van der Waals surface area contributed by atoms with Gasteiger partial charge in [0.25, 0.3) is 32.1 Å². The molecule has 0 atom stereocenters. The fraction of sp³-hybridized carbons (Fsp3) is 0.300. The average Bonchev–Trinajstić information content (AvgIpc) is 3.25. The summed E-state index contributed by atoms with van der Waals surface area (Å²) in [5, 5.41) is 5.02. The maximum Gasteiger partial charge on any atom is 0.295 e. The number of hydrogen-bond donors (Lipinski definition) is 4. The summed E-state index contributed by atoms with van der Waals surface area (Å²) in [6.07, 6.45) is 2.25. The number of benzene rings is 4. The molecule has 344 valence electrons. The first kappa shape index (κ1) is 48.2. The molecule has 0 spiro atoms. The molecule has 2 aliphatic heterocycles. The number of carbonyl (C=O) groups is 2. The highest BCUT2D eigenvalue weighted by Gasteiger charge is 2.32. The molecule has 0 bridgehead atoms. The first-order valence-electron chi connectivity index (χ1n) is 19.3. The molecule has 2 heterocycles. The van der Waals surface area contributed by atoms with Gasteiger partial charge >= 0.3 is 0 Å². The van der Waals surface area contributed by atoms with Crippen LogP contribution in [0.3, 0.4) is 0 Å². The summed E-state index contributed by atoms with van der Waals surface area (Å²) < 4.78 is 138. The van der Waals surface area contributed by atoms with Crippen molar-refractivity contribution in [1.29, 1.82) is 0 Å². The van der Waals surface area contributed by atoms with Crippen LogP contribution in [-0.4, -0.2) is 144 Å². The van der Waals surface area contributed by atoms with Gasteiger partial charge in [0.1, 0.15) is 19.6 Å². The fourth-order valence-electron chi connectivity index (χ4n) is 6.85. The second kappa shape index (κ2) is 19.1. The van der Waals surface area contributed by atoms with Gasteiger partial charge in [-0.3, -0.25) is 18.7 Å². The molecule has 4 N–H and O–H groups in total. The second-order valence-electron chi connectivity index (χ2n) is 14.9. The average molecular weight is 963 g/mol. The number of ether oxygens (including phenoxy) is 2. The highest BCUT2D eigenvalue weighted by atomic mass is 32.2.